The first-order valence-corrected chi connectivity index (χ1v) is 6.40. The van der Waals surface area contributed by atoms with E-state index in [0.717, 1.165) is 6.21 Å². The maximum atomic E-state index is 13.5. The molecule has 0 fully saturated rings. The number of halogens is 3. The summed E-state index contributed by atoms with van der Waals surface area (Å²) in [7, 11) is 0. The number of carbonyl (C=O) groups excluding carboxylic acids is 1. The molecule has 0 aromatic heterocycles. The molecule has 0 aliphatic heterocycles. The van der Waals surface area contributed by atoms with Crippen LogP contribution in [0.4, 0.5) is 8.78 Å². The van der Waals surface area contributed by atoms with Crippen molar-refractivity contribution in [1.82, 2.24) is 5.43 Å². The van der Waals surface area contributed by atoms with Gasteiger partial charge in [-0.2, -0.15) is 5.10 Å². The van der Waals surface area contributed by atoms with Gasteiger partial charge in [-0.15, -0.1) is 0 Å². The summed E-state index contributed by atoms with van der Waals surface area (Å²) in [6.07, 6.45) is 1.15. The molecule has 2 aromatic rings. The highest BCUT2D eigenvalue weighted by atomic mass is 79.9. The minimum atomic E-state index is -0.697. The van der Waals surface area contributed by atoms with E-state index in [-0.39, 0.29) is 11.1 Å². The van der Waals surface area contributed by atoms with E-state index in [1.807, 2.05) is 0 Å². The van der Waals surface area contributed by atoms with E-state index in [9.17, 15) is 13.6 Å². The van der Waals surface area contributed by atoms with Gasteiger partial charge >= 0.3 is 0 Å². The van der Waals surface area contributed by atoms with Gasteiger partial charge in [0, 0.05) is 10.0 Å². The second-order valence-corrected chi connectivity index (χ2v) is 4.76. The first-order chi connectivity index (χ1) is 9.58. The summed E-state index contributed by atoms with van der Waals surface area (Å²) >= 11 is 3.13. The molecule has 0 unspecified atom stereocenters. The van der Waals surface area contributed by atoms with Crippen molar-refractivity contribution in [3.8, 4) is 0 Å². The molecule has 0 atom stereocenters. The average Bonchev–Trinajstić information content (AvgIpc) is 2.41. The highest BCUT2D eigenvalue weighted by Crippen LogP contribution is 2.13. The molecule has 6 heteroatoms. The molecule has 0 aliphatic carbocycles. The normalized spacial score (nSPS) is 10.8. The smallest absolute Gasteiger partial charge is 0.267 e. The summed E-state index contributed by atoms with van der Waals surface area (Å²) in [6, 6.07) is 9.94. The zero-order chi connectivity index (χ0) is 14.5. The van der Waals surface area contributed by atoms with E-state index >= 15 is 0 Å². The lowest BCUT2D eigenvalue weighted by molar-refractivity contribution is 0.0951. The van der Waals surface area contributed by atoms with Gasteiger partial charge in [0.15, 0.2) is 0 Å². The second kappa shape index (κ2) is 6.38. The topological polar surface area (TPSA) is 41.5 Å². The molecule has 1 N–H and O–H groups in total. The van der Waals surface area contributed by atoms with E-state index in [1.165, 1.54) is 36.4 Å². The molecule has 0 aliphatic rings. The van der Waals surface area contributed by atoms with Crippen LogP contribution >= 0.6 is 15.9 Å². The minimum Gasteiger partial charge on any atom is -0.267 e. The van der Waals surface area contributed by atoms with Gasteiger partial charge in [0.1, 0.15) is 11.6 Å². The molecule has 2 rings (SSSR count). The Labute approximate surface area is 122 Å². The Bertz CT molecular complexity index is 674. The summed E-state index contributed by atoms with van der Waals surface area (Å²) in [6.45, 7) is 0. The molecule has 1 amide bonds. The molecule has 2 aromatic carbocycles. The van der Waals surface area contributed by atoms with Crippen LogP contribution in [0.25, 0.3) is 0 Å². The van der Waals surface area contributed by atoms with Crippen molar-refractivity contribution in [2.45, 2.75) is 0 Å². The van der Waals surface area contributed by atoms with E-state index < -0.39 is 17.5 Å². The number of hydrogen-bond donors (Lipinski definition) is 1. The van der Waals surface area contributed by atoms with Gasteiger partial charge in [-0.05, 0) is 30.3 Å². The number of rotatable bonds is 3. The van der Waals surface area contributed by atoms with Crippen LogP contribution in [0.3, 0.4) is 0 Å². The van der Waals surface area contributed by atoms with Gasteiger partial charge in [-0.25, -0.2) is 14.2 Å². The van der Waals surface area contributed by atoms with Gasteiger partial charge < -0.3 is 0 Å². The molecular weight excluding hydrogens is 330 g/mol. The number of carbonyl (C=O) groups is 1. The molecule has 0 radical (unpaired) electrons. The third kappa shape index (κ3) is 3.48. The van der Waals surface area contributed by atoms with E-state index in [0.29, 0.717) is 4.47 Å². The number of hydrogen-bond acceptors (Lipinski definition) is 2. The van der Waals surface area contributed by atoms with Gasteiger partial charge in [-0.1, -0.05) is 28.1 Å². The maximum absolute atomic E-state index is 13.5. The summed E-state index contributed by atoms with van der Waals surface area (Å²) in [5, 5.41) is 3.60. The van der Waals surface area contributed by atoms with Gasteiger partial charge in [0.25, 0.3) is 5.91 Å². The van der Waals surface area contributed by atoms with Crippen molar-refractivity contribution in [1.29, 1.82) is 0 Å². The molecule has 102 valence electrons. The van der Waals surface area contributed by atoms with Crippen molar-refractivity contribution < 1.29 is 13.6 Å². The fourth-order valence-corrected chi connectivity index (χ4v) is 1.81. The van der Waals surface area contributed by atoms with Gasteiger partial charge in [0.05, 0.1) is 11.8 Å². The summed E-state index contributed by atoms with van der Waals surface area (Å²) in [5.74, 6) is -1.82. The Balaban J connectivity index is 2.07. The zero-order valence-corrected chi connectivity index (χ0v) is 11.7. The Hall–Kier alpha value is -2.08. The van der Waals surface area contributed by atoms with Crippen molar-refractivity contribution in [2.24, 2.45) is 5.10 Å². The van der Waals surface area contributed by atoms with Crippen molar-refractivity contribution >= 4 is 28.1 Å². The number of benzene rings is 2. The SMILES string of the molecule is O=C(N/N=C\c1ccc(Br)cc1F)c1ccccc1F. The van der Waals surface area contributed by atoms with Gasteiger partial charge in [-0.3, -0.25) is 4.79 Å². The molecule has 0 bridgehead atoms. The Morgan fingerprint density at radius 3 is 2.60 bits per heavy atom. The van der Waals surface area contributed by atoms with Crippen LogP contribution in [0.2, 0.25) is 0 Å². The largest absolute Gasteiger partial charge is 0.274 e. The monoisotopic (exact) mass is 338 g/mol. The summed E-state index contributed by atoms with van der Waals surface area (Å²) < 4.78 is 27.4. The lowest BCUT2D eigenvalue weighted by atomic mass is 10.2. The van der Waals surface area contributed by atoms with Crippen LogP contribution in [0.15, 0.2) is 52.0 Å². The molecular formula is C14H9BrF2N2O. The predicted octanol–water partition coefficient (Wildman–Crippen LogP) is 3.49. The average molecular weight is 339 g/mol. The first kappa shape index (κ1) is 14.3. The van der Waals surface area contributed by atoms with Crippen molar-refractivity contribution in [3.63, 3.8) is 0 Å². The van der Waals surface area contributed by atoms with E-state index in [1.54, 1.807) is 6.07 Å². The van der Waals surface area contributed by atoms with Crippen LogP contribution in [0.5, 0.6) is 0 Å². The molecule has 0 spiro atoms. The summed E-state index contributed by atoms with van der Waals surface area (Å²) in [5.41, 5.74) is 2.23. The maximum Gasteiger partial charge on any atom is 0.274 e. The van der Waals surface area contributed by atoms with Gasteiger partial charge in [0.2, 0.25) is 0 Å². The fourth-order valence-electron chi connectivity index (χ4n) is 1.47. The fraction of sp³-hybridized carbons (Fsp3) is 0. The second-order valence-electron chi connectivity index (χ2n) is 3.84. The molecule has 3 nitrogen and oxygen atoms in total. The van der Waals surface area contributed by atoms with E-state index in [4.69, 9.17) is 0 Å². The lowest BCUT2D eigenvalue weighted by Crippen LogP contribution is -2.19. The van der Waals surface area contributed by atoms with Crippen LogP contribution in [0, 0.1) is 11.6 Å². The first-order valence-electron chi connectivity index (χ1n) is 5.61. The van der Waals surface area contributed by atoms with Crippen LogP contribution < -0.4 is 5.43 Å². The molecule has 0 heterocycles. The molecule has 0 saturated carbocycles. The highest BCUT2D eigenvalue weighted by Gasteiger charge is 2.09. The summed E-state index contributed by atoms with van der Waals surface area (Å²) in [4.78, 5) is 11.6. The van der Waals surface area contributed by atoms with Crippen LogP contribution in [-0.4, -0.2) is 12.1 Å². The minimum absolute atomic E-state index is 0.124. The third-order valence-corrected chi connectivity index (χ3v) is 2.94. The highest BCUT2D eigenvalue weighted by molar-refractivity contribution is 9.10. The van der Waals surface area contributed by atoms with Crippen LogP contribution in [-0.2, 0) is 0 Å². The Kier molecular flexibility index (Phi) is 4.57. The van der Waals surface area contributed by atoms with Crippen molar-refractivity contribution in [2.75, 3.05) is 0 Å². The van der Waals surface area contributed by atoms with Crippen LogP contribution in [0.1, 0.15) is 15.9 Å². The molecule has 0 saturated heterocycles. The van der Waals surface area contributed by atoms with Crippen molar-refractivity contribution in [3.05, 3.63) is 69.7 Å². The third-order valence-electron chi connectivity index (χ3n) is 2.45. The Morgan fingerprint density at radius 1 is 1.15 bits per heavy atom. The number of nitrogens with zero attached hydrogens (tertiary/aromatic N) is 1. The zero-order valence-electron chi connectivity index (χ0n) is 10.1. The Morgan fingerprint density at radius 2 is 1.90 bits per heavy atom. The number of hydrazone groups is 1. The predicted molar refractivity (Wildman–Crippen MR) is 75.6 cm³/mol. The number of amides is 1. The standard InChI is InChI=1S/C14H9BrF2N2O/c15-10-6-5-9(13(17)7-10)8-18-19-14(20)11-3-1-2-4-12(11)16/h1-8H,(H,19,20)/b18-8-. The molecule has 20 heavy (non-hydrogen) atoms. The van der Waals surface area contributed by atoms with E-state index in [2.05, 4.69) is 26.5 Å². The lowest BCUT2D eigenvalue weighted by Gasteiger charge is -2.01. The quantitative estimate of drug-likeness (QED) is 0.675. The number of nitrogens with one attached hydrogen (secondary N) is 1.